The van der Waals surface area contributed by atoms with Crippen LogP contribution in [0, 0.1) is 19.3 Å². The maximum atomic E-state index is 11.8. The SMILES string of the molecule is C#CC(CC)NS(=O)(=O)c1cn[nH]c1C. The molecule has 0 bridgehead atoms. The Morgan fingerprint density at radius 2 is 2.40 bits per heavy atom. The van der Waals surface area contributed by atoms with Gasteiger partial charge in [0.25, 0.3) is 0 Å². The van der Waals surface area contributed by atoms with Crippen LogP contribution in [0.4, 0.5) is 0 Å². The van der Waals surface area contributed by atoms with E-state index in [-0.39, 0.29) is 4.90 Å². The van der Waals surface area contributed by atoms with Gasteiger partial charge in [-0.2, -0.15) is 9.82 Å². The zero-order valence-corrected chi connectivity index (χ0v) is 9.43. The topological polar surface area (TPSA) is 74.8 Å². The van der Waals surface area contributed by atoms with Gasteiger partial charge in [-0.3, -0.25) is 5.10 Å². The molecule has 1 aromatic heterocycles. The lowest BCUT2D eigenvalue weighted by Crippen LogP contribution is -2.33. The van der Waals surface area contributed by atoms with Crippen molar-refractivity contribution in [2.75, 3.05) is 0 Å². The molecule has 0 fully saturated rings. The van der Waals surface area contributed by atoms with Crippen LogP contribution in [0.25, 0.3) is 0 Å². The van der Waals surface area contributed by atoms with Gasteiger partial charge in [-0.15, -0.1) is 6.42 Å². The molecule has 82 valence electrons. The molecule has 1 atom stereocenters. The van der Waals surface area contributed by atoms with Gasteiger partial charge in [-0.05, 0) is 13.3 Å². The predicted octanol–water partition coefficient (Wildman–Crippen LogP) is 0.408. The molecule has 1 heterocycles. The largest absolute Gasteiger partial charge is 0.281 e. The van der Waals surface area contributed by atoms with Crippen molar-refractivity contribution in [1.29, 1.82) is 0 Å². The third kappa shape index (κ3) is 2.58. The van der Waals surface area contributed by atoms with Crippen LogP contribution < -0.4 is 4.72 Å². The number of nitrogens with one attached hydrogen (secondary N) is 2. The maximum Gasteiger partial charge on any atom is 0.245 e. The van der Waals surface area contributed by atoms with E-state index >= 15 is 0 Å². The fourth-order valence-electron chi connectivity index (χ4n) is 1.10. The molecule has 1 rings (SSSR count). The van der Waals surface area contributed by atoms with Crippen molar-refractivity contribution in [3.8, 4) is 12.3 Å². The van der Waals surface area contributed by atoms with Gasteiger partial charge in [0.15, 0.2) is 0 Å². The van der Waals surface area contributed by atoms with Gasteiger partial charge in [0.2, 0.25) is 10.0 Å². The molecule has 5 nitrogen and oxygen atoms in total. The van der Waals surface area contributed by atoms with Crippen molar-refractivity contribution in [3.05, 3.63) is 11.9 Å². The Labute approximate surface area is 89.3 Å². The van der Waals surface area contributed by atoms with Crippen molar-refractivity contribution in [1.82, 2.24) is 14.9 Å². The highest BCUT2D eigenvalue weighted by molar-refractivity contribution is 7.89. The highest BCUT2D eigenvalue weighted by Crippen LogP contribution is 2.11. The molecule has 0 aliphatic heterocycles. The summed E-state index contributed by atoms with van der Waals surface area (Å²) in [6.07, 6.45) is 6.99. The van der Waals surface area contributed by atoms with Gasteiger partial charge in [0, 0.05) is 0 Å². The van der Waals surface area contributed by atoms with Gasteiger partial charge < -0.3 is 0 Å². The highest BCUT2D eigenvalue weighted by Gasteiger charge is 2.20. The number of hydrogen-bond donors (Lipinski definition) is 2. The first-order valence-electron chi connectivity index (χ1n) is 4.49. The molecular weight excluding hydrogens is 214 g/mol. The fraction of sp³-hybridized carbons (Fsp3) is 0.444. The molecule has 0 aromatic carbocycles. The molecule has 6 heteroatoms. The Morgan fingerprint density at radius 1 is 1.73 bits per heavy atom. The summed E-state index contributed by atoms with van der Waals surface area (Å²) in [7, 11) is -3.56. The summed E-state index contributed by atoms with van der Waals surface area (Å²) in [5, 5.41) is 6.21. The van der Waals surface area contributed by atoms with Crippen LogP contribution in [0.2, 0.25) is 0 Å². The van der Waals surface area contributed by atoms with Crippen LogP contribution in [0.1, 0.15) is 19.0 Å². The van der Waals surface area contributed by atoms with Gasteiger partial charge in [-0.25, -0.2) is 8.42 Å². The smallest absolute Gasteiger partial charge is 0.245 e. The second kappa shape index (κ2) is 4.47. The van der Waals surface area contributed by atoms with Crippen molar-refractivity contribution >= 4 is 10.0 Å². The first-order chi connectivity index (χ1) is 7.01. The number of aromatic amines is 1. The summed E-state index contributed by atoms with van der Waals surface area (Å²) in [6, 6.07) is -0.482. The molecule has 0 spiro atoms. The lowest BCUT2D eigenvalue weighted by molar-refractivity contribution is 0.570. The molecule has 0 radical (unpaired) electrons. The van der Waals surface area contributed by atoms with Gasteiger partial charge in [-0.1, -0.05) is 12.8 Å². The molecule has 2 N–H and O–H groups in total. The van der Waals surface area contributed by atoms with Crippen molar-refractivity contribution in [2.45, 2.75) is 31.2 Å². The summed E-state index contributed by atoms with van der Waals surface area (Å²) in [5.41, 5.74) is 0.495. The number of H-pyrrole nitrogens is 1. The molecule has 0 saturated heterocycles. The van der Waals surface area contributed by atoms with E-state index in [9.17, 15) is 8.42 Å². The summed E-state index contributed by atoms with van der Waals surface area (Å²) in [5.74, 6) is 2.37. The third-order valence-electron chi connectivity index (χ3n) is 1.98. The third-order valence-corrected chi connectivity index (χ3v) is 3.57. The van der Waals surface area contributed by atoms with Crippen LogP contribution in [0.5, 0.6) is 0 Å². The monoisotopic (exact) mass is 227 g/mol. The van der Waals surface area contributed by atoms with E-state index in [1.165, 1.54) is 6.20 Å². The molecule has 1 aromatic rings. The van der Waals surface area contributed by atoms with E-state index in [0.717, 1.165) is 0 Å². The van der Waals surface area contributed by atoms with Gasteiger partial charge >= 0.3 is 0 Å². The minimum Gasteiger partial charge on any atom is -0.281 e. The number of hydrogen-bond acceptors (Lipinski definition) is 3. The van der Waals surface area contributed by atoms with Crippen LogP contribution in [0.3, 0.4) is 0 Å². The quantitative estimate of drug-likeness (QED) is 0.731. The van der Waals surface area contributed by atoms with E-state index in [2.05, 4.69) is 20.8 Å². The first kappa shape index (κ1) is 11.8. The zero-order chi connectivity index (χ0) is 11.5. The average Bonchev–Trinajstić information content (AvgIpc) is 2.61. The summed E-state index contributed by atoms with van der Waals surface area (Å²) < 4.78 is 26.0. The fourth-order valence-corrected chi connectivity index (χ4v) is 2.47. The maximum absolute atomic E-state index is 11.8. The molecule has 0 saturated carbocycles. The summed E-state index contributed by atoms with van der Waals surface area (Å²) in [4.78, 5) is 0.135. The van der Waals surface area contributed by atoms with Crippen LogP contribution in [-0.2, 0) is 10.0 Å². The van der Waals surface area contributed by atoms with Crippen LogP contribution >= 0.6 is 0 Å². The summed E-state index contributed by atoms with van der Waals surface area (Å²) >= 11 is 0. The van der Waals surface area contributed by atoms with E-state index < -0.39 is 16.1 Å². The standard InChI is InChI=1S/C9H13N3O2S/c1-4-8(5-2)12-15(13,14)9-6-10-11-7(9)3/h1,6,8,12H,5H2,2-3H3,(H,10,11). The number of sulfonamides is 1. The molecule has 15 heavy (non-hydrogen) atoms. The Morgan fingerprint density at radius 3 is 2.80 bits per heavy atom. The molecular formula is C9H13N3O2S. The Bertz CT molecular complexity index is 470. The van der Waals surface area contributed by atoms with Crippen LogP contribution in [-0.4, -0.2) is 24.7 Å². The average molecular weight is 227 g/mol. The van der Waals surface area contributed by atoms with Crippen LogP contribution in [0.15, 0.2) is 11.1 Å². The van der Waals surface area contributed by atoms with Gasteiger partial charge in [0.05, 0.1) is 17.9 Å². The summed E-state index contributed by atoms with van der Waals surface area (Å²) in [6.45, 7) is 3.45. The number of rotatable bonds is 4. The lowest BCUT2D eigenvalue weighted by Gasteiger charge is -2.10. The number of terminal acetylenes is 1. The predicted molar refractivity (Wildman–Crippen MR) is 56.6 cm³/mol. The molecule has 0 aliphatic rings. The van der Waals surface area contributed by atoms with E-state index in [4.69, 9.17) is 6.42 Å². The number of aromatic nitrogens is 2. The highest BCUT2D eigenvalue weighted by atomic mass is 32.2. The normalized spacial score (nSPS) is 13.4. The van der Waals surface area contributed by atoms with E-state index in [1.807, 2.05) is 6.92 Å². The van der Waals surface area contributed by atoms with Gasteiger partial charge in [0.1, 0.15) is 4.90 Å². The number of aryl methyl sites for hydroxylation is 1. The Hall–Kier alpha value is -1.32. The molecule has 0 amide bonds. The first-order valence-corrected chi connectivity index (χ1v) is 5.98. The van der Waals surface area contributed by atoms with E-state index in [1.54, 1.807) is 6.92 Å². The molecule has 0 aliphatic carbocycles. The Balaban J connectivity index is 2.96. The van der Waals surface area contributed by atoms with Crippen molar-refractivity contribution in [2.24, 2.45) is 0 Å². The minimum absolute atomic E-state index is 0.135. The number of nitrogens with zero attached hydrogens (tertiary/aromatic N) is 1. The lowest BCUT2D eigenvalue weighted by atomic mass is 10.3. The second-order valence-electron chi connectivity index (χ2n) is 3.11. The second-order valence-corrected chi connectivity index (χ2v) is 4.79. The molecule has 1 unspecified atom stereocenters. The van der Waals surface area contributed by atoms with Crippen molar-refractivity contribution < 1.29 is 8.42 Å². The minimum atomic E-state index is -3.56. The Kier molecular flexibility index (Phi) is 3.50. The van der Waals surface area contributed by atoms with Crippen molar-refractivity contribution in [3.63, 3.8) is 0 Å². The van der Waals surface area contributed by atoms with E-state index in [0.29, 0.717) is 12.1 Å². The zero-order valence-electron chi connectivity index (χ0n) is 8.61.